The molecular formula is C14H21NO4S. The van der Waals surface area contributed by atoms with Crippen LogP contribution in [0.3, 0.4) is 0 Å². The summed E-state index contributed by atoms with van der Waals surface area (Å²) in [6, 6.07) is 5.90. The zero-order valence-electron chi connectivity index (χ0n) is 11.6. The maximum atomic E-state index is 12.0. The third-order valence-electron chi connectivity index (χ3n) is 3.37. The monoisotopic (exact) mass is 299 g/mol. The molecule has 0 bridgehead atoms. The molecular weight excluding hydrogens is 278 g/mol. The highest BCUT2D eigenvalue weighted by Crippen LogP contribution is 2.24. The fourth-order valence-corrected chi connectivity index (χ4v) is 3.50. The molecule has 6 heteroatoms. The highest BCUT2D eigenvalue weighted by molar-refractivity contribution is 7.89. The lowest BCUT2D eigenvalue weighted by Crippen LogP contribution is -2.34. The van der Waals surface area contributed by atoms with Gasteiger partial charge in [-0.25, -0.2) is 13.1 Å². The maximum absolute atomic E-state index is 12.0. The van der Waals surface area contributed by atoms with Crippen molar-refractivity contribution in [2.75, 3.05) is 6.61 Å². The summed E-state index contributed by atoms with van der Waals surface area (Å²) in [7, 11) is -3.58. The van der Waals surface area contributed by atoms with Gasteiger partial charge < -0.3 is 9.84 Å². The molecule has 5 nitrogen and oxygen atoms in total. The highest BCUT2D eigenvalue weighted by Gasteiger charge is 2.19. The number of aliphatic hydroxyl groups is 1. The Bertz CT molecular complexity index is 521. The molecule has 1 aromatic carbocycles. The van der Waals surface area contributed by atoms with E-state index in [2.05, 4.69) is 4.72 Å². The molecule has 1 saturated carbocycles. The van der Waals surface area contributed by atoms with Crippen molar-refractivity contribution in [1.29, 1.82) is 0 Å². The fraction of sp³-hybridized carbons (Fsp3) is 0.571. The van der Waals surface area contributed by atoms with Gasteiger partial charge in [0.25, 0.3) is 0 Å². The Labute approximate surface area is 120 Å². The predicted octanol–water partition coefficient (Wildman–Crippen LogP) is 1.67. The molecule has 0 aliphatic heterocycles. The third kappa shape index (κ3) is 3.94. The minimum absolute atomic E-state index is 0.177. The van der Waals surface area contributed by atoms with Crippen LogP contribution >= 0.6 is 0 Å². The van der Waals surface area contributed by atoms with Gasteiger partial charge in [0.2, 0.25) is 10.0 Å². The van der Waals surface area contributed by atoms with E-state index in [1.165, 1.54) is 25.0 Å². The quantitative estimate of drug-likeness (QED) is 0.838. The average molecular weight is 299 g/mol. The molecule has 0 aromatic heterocycles. The number of nitrogens with one attached hydrogen (secondary N) is 1. The number of ether oxygens (including phenoxy) is 1. The minimum Gasteiger partial charge on any atom is -0.490 e. The van der Waals surface area contributed by atoms with Gasteiger partial charge in [0.1, 0.15) is 5.75 Å². The van der Waals surface area contributed by atoms with Crippen LogP contribution in [0.1, 0.15) is 32.6 Å². The number of rotatable bonds is 6. The van der Waals surface area contributed by atoms with E-state index in [-0.39, 0.29) is 17.6 Å². The van der Waals surface area contributed by atoms with E-state index in [1.54, 1.807) is 19.1 Å². The summed E-state index contributed by atoms with van der Waals surface area (Å²) in [6.45, 7) is 1.37. The van der Waals surface area contributed by atoms with Crippen LogP contribution in [-0.4, -0.2) is 32.3 Å². The van der Waals surface area contributed by atoms with Crippen molar-refractivity contribution in [2.45, 2.75) is 49.6 Å². The third-order valence-corrected chi connectivity index (χ3v) is 4.97. The predicted molar refractivity (Wildman–Crippen MR) is 76.2 cm³/mol. The van der Waals surface area contributed by atoms with Crippen LogP contribution in [0.4, 0.5) is 0 Å². The minimum atomic E-state index is -3.58. The first-order valence-electron chi connectivity index (χ1n) is 6.91. The molecule has 0 unspecified atom stereocenters. The van der Waals surface area contributed by atoms with E-state index in [0.717, 1.165) is 12.8 Å². The highest BCUT2D eigenvalue weighted by atomic mass is 32.2. The molecule has 2 rings (SSSR count). The van der Waals surface area contributed by atoms with Crippen LogP contribution in [0.2, 0.25) is 0 Å². The van der Waals surface area contributed by atoms with Crippen molar-refractivity contribution >= 4 is 10.0 Å². The van der Waals surface area contributed by atoms with Gasteiger partial charge in [-0.15, -0.1) is 0 Å². The molecule has 2 N–H and O–H groups in total. The van der Waals surface area contributed by atoms with Crippen molar-refractivity contribution in [3.05, 3.63) is 24.3 Å². The largest absolute Gasteiger partial charge is 0.490 e. The number of hydrogen-bond acceptors (Lipinski definition) is 4. The van der Waals surface area contributed by atoms with Gasteiger partial charge in [-0.3, -0.25) is 0 Å². The summed E-state index contributed by atoms with van der Waals surface area (Å²) < 4.78 is 32.2. The first kappa shape index (κ1) is 15.3. The second-order valence-electron chi connectivity index (χ2n) is 5.20. The van der Waals surface area contributed by atoms with Crippen molar-refractivity contribution in [3.63, 3.8) is 0 Å². The van der Waals surface area contributed by atoms with Gasteiger partial charge in [0.05, 0.1) is 17.6 Å². The first-order valence-corrected chi connectivity index (χ1v) is 8.39. The van der Waals surface area contributed by atoms with E-state index in [1.807, 2.05) is 0 Å². The topological polar surface area (TPSA) is 75.6 Å². The Kier molecular flexibility index (Phi) is 5.01. The molecule has 0 heterocycles. The summed E-state index contributed by atoms with van der Waals surface area (Å²) in [6.07, 6.45) is 4.77. The molecule has 1 aliphatic carbocycles. The Morgan fingerprint density at radius 2 is 1.90 bits per heavy atom. The number of benzene rings is 1. The van der Waals surface area contributed by atoms with Crippen molar-refractivity contribution < 1.29 is 18.3 Å². The van der Waals surface area contributed by atoms with Gasteiger partial charge in [-0.1, -0.05) is 0 Å². The first-order chi connectivity index (χ1) is 9.51. The Morgan fingerprint density at radius 1 is 1.30 bits per heavy atom. The summed E-state index contributed by atoms with van der Waals surface area (Å²) in [5.41, 5.74) is 0. The van der Waals surface area contributed by atoms with Crippen LogP contribution in [0.25, 0.3) is 0 Å². The van der Waals surface area contributed by atoms with Crippen molar-refractivity contribution in [2.24, 2.45) is 0 Å². The normalized spacial score (nSPS) is 18.1. The average Bonchev–Trinajstić information content (AvgIpc) is 2.91. The number of sulfonamides is 1. The van der Waals surface area contributed by atoms with E-state index in [9.17, 15) is 8.42 Å². The fourth-order valence-electron chi connectivity index (χ4n) is 2.27. The smallest absolute Gasteiger partial charge is 0.240 e. The van der Waals surface area contributed by atoms with Crippen molar-refractivity contribution in [1.82, 2.24) is 4.72 Å². The molecule has 1 atom stereocenters. The lowest BCUT2D eigenvalue weighted by Gasteiger charge is -2.14. The lowest BCUT2D eigenvalue weighted by atomic mass is 10.3. The van der Waals surface area contributed by atoms with Gasteiger partial charge in [0, 0.05) is 6.04 Å². The molecule has 1 aliphatic rings. The van der Waals surface area contributed by atoms with E-state index < -0.39 is 16.1 Å². The molecule has 0 radical (unpaired) electrons. The van der Waals surface area contributed by atoms with Crippen LogP contribution in [0.5, 0.6) is 5.75 Å². The molecule has 0 amide bonds. The Morgan fingerprint density at radius 3 is 2.45 bits per heavy atom. The Hall–Kier alpha value is -1.11. The molecule has 0 saturated heterocycles. The lowest BCUT2D eigenvalue weighted by molar-refractivity contribution is 0.210. The van der Waals surface area contributed by atoms with Crippen LogP contribution in [-0.2, 0) is 10.0 Å². The summed E-state index contributed by atoms with van der Waals surface area (Å²) in [5.74, 6) is 0.700. The van der Waals surface area contributed by atoms with Crippen molar-refractivity contribution in [3.8, 4) is 5.75 Å². The van der Waals surface area contributed by atoms with Crippen LogP contribution < -0.4 is 9.46 Å². The zero-order valence-corrected chi connectivity index (χ0v) is 12.4. The number of hydrogen-bond donors (Lipinski definition) is 2. The van der Waals surface area contributed by atoms with Gasteiger partial charge in [-0.2, -0.15) is 0 Å². The van der Waals surface area contributed by atoms with Gasteiger partial charge in [0.15, 0.2) is 0 Å². The standard InChI is InChI=1S/C14H21NO4S/c1-11(10-16)15-20(17,18)14-8-6-13(7-9-14)19-12-4-2-3-5-12/h6-9,11-12,15-16H,2-5,10H2,1H3/t11-/m0/s1. The summed E-state index contributed by atoms with van der Waals surface area (Å²) in [5, 5.41) is 8.90. The van der Waals surface area contributed by atoms with Gasteiger partial charge in [-0.05, 0) is 56.9 Å². The SMILES string of the molecule is C[C@@H](CO)NS(=O)(=O)c1ccc(OC2CCCC2)cc1. The summed E-state index contributed by atoms with van der Waals surface area (Å²) in [4.78, 5) is 0.177. The molecule has 20 heavy (non-hydrogen) atoms. The van der Waals surface area contributed by atoms with E-state index in [0.29, 0.717) is 5.75 Å². The molecule has 1 fully saturated rings. The van der Waals surface area contributed by atoms with Crippen LogP contribution in [0, 0.1) is 0 Å². The zero-order chi connectivity index (χ0) is 14.6. The number of aliphatic hydroxyl groups excluding tert-OH is 1. The molecule has 112 valence electrons. The Balaban J connectivity index is 2.03. The summed E-state index contributed by atoms with van der Waals surface area (Å²) >= 11 is 0. The maximum Gasteiger partial charge on any atom is 0.240 e. The molecule has 1 aromatic rings. The molecule has 0 spiro atoms. The second-order valence-corrected chi connectivity index (χ2v) is 6.91. The van der Waals surface area contributed by atoms with Crippen LogP contribution in [0.15, 0.2) is 29.2 Å². The van der Waals surface area contributed by atoms with E-state index in [4.69, 9.17) is 9.84 Å². The van der Waals surface area contributed by atoms with E-state index >= 15 is 0 Å². The van der Waals surface area contributed by atoms with Gasteiger partial charge >= 0.3 is 0 Å². The second kappa shape index (κ2) is 6.56.